The lowest BCUT2D eigenvalue weighted by atomic mass is 9.65. The van der Waals surface area contributed by atoms with Crippen molar-refractivity contribution in [2.45, 2.75) is 52.2 Å². The topological polar surface area (TPSA) is 35.2 Å². The largest absolute Gasteiger partial charge is 0.490 e. The zero-order chi connectivity index (χ0) is 12.5. The van der Waals surface area contributed by atoms with Crippen LogP contribution in [-0.4, -0.2) is 12.1 Å². The van der Waals surface area contributed by atoms with E-state index >= 15 is 0 Å². The molecule has 2 rings (SSSR count). The number of aryl methyl sites for hydroxylation is 1. The van der Waals surface area contributed by atoms with Gasteiger partial charge in [0.05, 0.1) is 0 Å². The quantitative estimate of drug-likeness (QED) is 0.867. The summed E-state index contributed by atoms with van der Waals surface area (Å²) in [5, 5.41) is 0. The van der Waals surface area contributed by atoms with Crippen molar-refractivity contribution in [3.8, 4) is 5.75 Å². The van der Waals surface area contributed by atoms with Gasteiger partial charge in [0.25, 0.3) is 0 Å². The molecule has 94 valence electrons. The van der Waals surface area contributed by atoms with E-state index in [1.807, 2.05) is 0 Å². The van der Waals surface area contributed by atoms with Crippen LogP contribution in [0.25, 0.3) is 0 Å². The third-order valence-corrected chi connectivity index (χ3v) is 3.99. The predicted molar refractivity (Wildman–Crippen MR) is 71.2 cm³/mol. The first-order chi connectivity index (χ1) is 8.04. The molecule has 1 fully saturated rings. The van der Waals surface area contributed by atoms with Crippen molar-refractivity contribution in [1.29, 1.82) is 0 Å². The molecule has 1 aromatic carbocycles. The molecule has 0 saturated heterocycles. The van der Waals surface area contributed by atoms with Crippen LogP contribution >= 0.6 is 0 Å². The molecule has 1 saturated carbocycles. The van der Waals surface area contributed by atoms with Gasteiger partial charge in [0.15, 0.2) is 0 Å². The van der Waals surface area contributed by atoms with Gasteiger partial charge in [0, 0.05) is 17.9 Å². The first-order valence-electron chi connectivity index (χ1n) is 6.55. The van der Waals surface area contributed by atoms with Gasteiger partial charge >= 0.3 is 0 Å². The summed E-state index contributed by atoms with van der Waals surface area (Å²) in [5.41, 5.74) is 7.46. The predicted octanol–water partition coefficient (Wildman–Crippen LogP) is 3.14. The van der Waals surface area contributed by atoms with Crippen molar-refractivity contribution in [3.05, 3.63) is 29.8 Å². The minimum absolute atomic E-state index is 0.0993. The fourth-order valence-electron chi connectivity index (χ4n) is 2.30. The van der Waals surface area contributed by atoms with Crippen molar-refractivity contribution in [3.63, 3.8) is 0 Å². The second kappa shape index (κ2) is 4.69. The van der Waals surface area contributed by atoms with Crippen molar-refractivity contribution in [1.82, 2.24) is 0 Å². The number of hydrogen-bond donors (Lipinski definition) is 1. The lowest BCUT2D eigenvalue weighted by molar-refractivity contribution is -0.0399. The second-order valence-electron chi connectivity index (χ2n) is 5.66. The Labute approximate surface area is 104 Å². The zero-order valence-electron chi connectivity index (χ0n) is 11.1. The lowest BCUT2D eigenvalue weighted by Gasteiger charge is -2.49. The molecule has 2 unspecified atom stereocenters. The van der Waals surface area contributed by atoms with Crippen molar-refractivity contribution < 1.29 is 4.74 Å². The second-order valence-corrected chi connectivity index (χ2v) is 5.66. The highest BCUT2D eigenvalue weighted by Gasteiger charge is 2.47. The maximum absolute atomic E-state index is 5.99. The van der Waals surface area contributed by atoms with Crippen molar-refractivity contribution in [2.24, 2.45) is 11.1 Å². The summed E-state index contributed by atoms with van der Waals surface area (Å²) in [7, 11) is 0. The summed E-state index contributed by atoms with van der Waals surface area (Å²) in [5.74, 6) is 0.967. The van der Waals surface area contributed by atoms with Crippen LogP contribution in [0.15, 0.2) is 24.3 Å². The molecule has 0 aliphatic heterocycles. The van der Waals surface area contributed by atoms with Crippen LogP contribution in [0.2, 0.25) is 0 Å². The molecular weight excluding hydrogens is 210 g/mol. The SMILES string of the molecule is CCCc1ccc(OC2CC(N)C2(C)C)cc1. The molecule has 0 spiro atoms. The van der Waals surface area contributed by atoms with E-state index in [2.05, 4.69) is 45.0 Å². The average molecular weight is 233 g/mol. The molecular formula is C15H23NO. The van der Waals surface area contributed by atoms with Crippen LogP contribution in [-0.2, 0) is 6.42 Å². The van der Waals surface area contributed by atoms with Gasteiger partial charge in [-0.15, -0.1) is 0 Å². The molecule has 1 aromatic rings. The Morgan fingerprint density at radius 1 is 1.29 bits per heavy atom. The van der Waals surface area contributed by atoms with Gasteiger partial charge in [-0.2, -0.15) is 0 Å². The number of hydrogen-bond acceptors (Lipinski definition) is 2. The lowest BCUT2D eigenvalue weighted by Crippen LogP contribution is -2.60. The minimum atomic E-state index is 0.0993. The maximum Gasteiger partial charge on any atom is 0.119 e. The summed E-state index contributed by atoms with van der Waals surface area (Å²) in [6.07, 6.45) is 3.55. The van der Waals surface area contributed by atoms with Crippen molar-refractivity contribution >= 4 is 0 Å². The molecule has 2 atom stereocenters. The van der Waals surface area contributed by atoms with E-state index in [-0.39, 0.29) is 17.6 Å². The van der Waals surface area contributed by atoms with Gasteiger partial charge in [-0.1, -0.05) is 39.3 Å². The molecule has 0 heterocycles. The standard InChI is InChI=1S/C15H23NO/c1-4-5-11-6-8-12(9-7-11)17-14-10-13(16)15(14,2)3/h6-9,13-14H,4-5,10,16H2,1-3H3. The van der Waals surface area contributed by atoms with Crippen LogP contribution in [0, 0.1) is 5.41 Å². The summed E-state index contributed by atoms with van der Waals surface area (Å²) >= 11 is 0. The maximum atomic E-state index is 5.99. The van der Waals surface area contributed by atoms with Gasteiger partial charge in [0.1, 0.15) is 11.9 Å². The Kier molecular flexibility index (Phi) is 3.43. The van der Waals surface area contributed by atoms with Crippen molar-refractivity contribution in [2.75, 3.05) is 0 Å². The Balaban J connectivity index is 1.96. The Bertz CT molecular complexity index is 369. The highest BCUT2D eigenvalue weighted by molar-refractivity contribution is 5.28. The van der Waals surface area contributed by atoms with Crippen LogP contribution in [0.1, 0.15) is 39.2 Å². The van der Waals surface area contributed by atoms with Gasteiger partial charge in [-0.3, -0.25) is 0 Å². The highest BCUT2D eigenvalue weighted by Crippen LogP contribution is 2.41. The number of nitrogens with two attached hydrogens (primary N) is 1. The van der Waals surface area contributed by atoms with Gasteiger partial charge in [0.2, 0.25) is 0 Å². The molecule has 0 radical (unpaired) electrons. The van der Waals surface area contributed by atoms with E-state index in [9.17, 15) is 0 Å². The Hall–Kier alpha value is -1.02. The number of benzene rings is 1. The fraction of sp³-hybridized carbons (Fsp3) is 0.600. The van der Waals surface area contributed by atoms with Gasteiger partial charge < -0.3 is 10.5 Å². The summed E-state index contributed by atoms with van der Waals surface area (Å²) in [4.78, 5) is 0. The Morgan fingerprint density at radius 3 is 2.41 bits per heavy atom. The van der Waals surface area contributed by atoms with E-state index < -0.39 is 0 Å². The molecule has 0 bridgehead atoms. The summed E-state index contributed by atoms with van der Waals surface area (Å²) in [6.45, 7) is 6.55. The normalized spacial score (nSPS) is 26.4. The van der Waals surface area contributed by atoms with Crippen LogP contribution < -0.4 is 10.5 Å². The van der Waals surface area contributed by atoms with E-state index in [0.29, 0.717) is 0 Å². The molecule has 0 aromatic heterocycles. The molecule has 1 aliphatic rings. The smallest absolute Gasteiger partial charge is 0.119 e. The third kappa shape index (κ3) is 2.47. The number of rotatable bonds is 4. The first kappa shape index (κ1) is 12.4. The molecule has 2 N–H and O–H groups in total. The van der Waals surface area contributed by atoms with Crippen LogP contribution in [0.5, 0.6) is 5.75 Å². The van der Waals surface area contributed by atoms with Gasteiger partial charge in [-0.25, -0.2) is 0 Å². The summed E-state index contributed by atoms with van der Waals surface area (Å²) < 4.78 is 5.99. The van der Waals surface area contributed by atoms with E-state index in [1.165, 1.54) is 12.0 Å². The average Bonchev–Trinajstić information content (AvgIpc) is 2.31. The zero-order valence-corrected chi connectivity index (χ0v) is 11.1. The highest BCUT2D eigenvalue weighted by atomic mass is 16.5. The van der Waals surface area contributed by atoms with E-state index in [4.69, 9.17) is 10.5 Å². The fourth-order valence-corrected chi connectivity index (χ4v) is 2.30. The van der Waals surface area contributed by atoms with Crippen LogP contribution in [0.3, 0.4) is 0 Å². The summed E-state index contributed by atoms with van der Waals surface area (Å²) in [6, 6.07) is 8.73. The molecule has 2 heteroatoms. The first-order valence-corrected chi connectivity index (χ1v) is 6.55. The third-order valence-electron chi connectivity index (χ3n) is 3.99. The number of ether oxygens (including phenoxy) is 1. The molecule has 17 heavy (non-hydrogen) atoms. The van der Waals surface area contributed by atoms with Crippen LogP contribution in [0.4, 0.5) is 0 Å². The molecule has 0 amide bonds. The van der Waals surface area contributed by atoms with Gasteiger partial charge in [-0.05, 0) is 24.1 Å². The van der Waals surface area contributed by atoms with E-state index in [1.54, 1.807) is 0 Å². The molecule has 2 nitrogen and oxygen atoms in total. The monoisotopic (exact) mass is 233 g/mol. The molecule has 1 aliphatic carbocycles. The van der Waals surface area contributed by atoms with E-state index in [0.717, 1.165) is 18.6 Å². The minimum Gasteiger partial charge on any atom is -0.490 e. The Morgan fingerprint density at radius 2 is 1.94 bits per heavy atom.